The van der Waals surface area contributed by atoms with Gasteiger partial charge in [0.05, 0.1) is 0 Å². The summed E-state index contributed by atoms with van der Waals surface area (Å²) in [6.07, 6.45) is -20.8. The molecule has 0 aliphatic heterocycles. The predicted octanol–water partition coefficient (Wildman–Crippen LogP) is 3.35. The van der Waals surface area contributed by atoms with Crippen LogP contribution in [0.15, 0.2) is 12.2 Å². The van der Waals surface area contributed by atoms with Gasteiger partial charge in [0.25, 0.3) is 5.60 Å². The summed E-state index contributed by atoms with van der Waals surface area (Å²) >= 11 is 0. The third-order valence-corrected chi connectivity index (χ3v) is 1.66. The highest BCUT2D eigenvalue weighted by Gasteiger charge is 2.69. The van der Waals surface area contributed by atoms with Crippen molar-refractivity contribution in [2.75, 3.05) is 0 Å². The van der Waals surface area contributed by atoms with Crippen LogP contribution in [0.4, 0.5) is 39.5 Å². The van der Waals surface area contributed by atoms with Crippen LogP contribution in [0, 0.1) is 0 Å². The number of aliphatic hydroxyl groups is 1. The Morgan fingerprint density at radius 2 is 1.12 bits per heavy atom. The maximum absolute atomic E-state index is 11.9. The van der Waals surface area contributed by atoms with E-state index in [1.165, 1.54) is 0 Å². The molecule has 0 saturated carbocycles. The van der Waals surface area contributed by atoms with Crippen LogP contribution in [0.2, 0.25) is 0 Å². The second kappa shape index (κ2) is 4.39. The summed E-state index contributed by atoms with van der Waals surface area (Å²) in [6, 6.07) is 0. The minimum atomic E-state index is -6.12. The number of hydrogen-bond acceptors (Lipinski definition) is 1. The van der Waals surface area contributed by atoms with Gasteiger partial charge < -0.3 is 5.11 Å². The lowest BCUT2D eigenvalue weighted by molar-refractivity contribution is -0.366. The van der Waals surface area contributed by atoms with Gasteiger partial charge in [-0.25, -0.2) is 0 Å². The highest BCUT2D eigenvalue weighted by molar-refractivity contribution is 5.02. The van der Waals surface area contributed by atoms with Crippen LogP contribution in [-0.4, -0.2) is 29.2 Å². The maximum Gasteiger partial charge on any atom is 0.426 e. The van der Waals surface area contributed by atoms with Crippen molar-refractivity contribution in [1.82, 2.24) is 0 Å². The van der Waals surface area contributed by atoms with Gasteiger partial charge in [-0.05, 0) is 0 Å². The highest BCUT2D eigenvalue weighted by Crippen LogP contribution is 2.45. The summed E-state index contributed by atoms with van der Waals surface area (Å²) in [5, 5.41) is 8.41. The molecule has 17 heavy (non-hydrogen) atoms. The van der Waals surface area contributed by atoms with E-state index < -0.39 is 42.7 Å². The van der Waals surface area contributed by atoms with E-state index in [4.69, 9.17) is 5.11 Å². The van der Waals surface area contributed by atoms with Crippen LogP contribution >= 0.6 is 0 Å². The molecule has 0 aliphatic rings. The molecule has 0 aromatic rings. The van der Waals surface area contributed by atoms with Crippen molar-refractivity contribution in [3.8, 4) is 0 Å². The standard InChI is InChI=1S/C7H5F9O/c8-5(9,10)3-1-2-4(17,6(11,12)13)7(14,15)16/h1,3,17H,2H2/b3-1+. The maximum atomic E-state index is 11.9. The van der Waals surface area contributed by atoms with Crippen LogP contribution < -0.4 is 0 Å². The molecule has 0 radical (unpaired) electrons. The second-order valence-electron chi connectivity index (χ2n) is 3.00. The highest BCUT2D eigenvalue weighted by atomic mass is 19.4. The number of allylic oxidation sites excluding steroid dienone is 1. The fourth-order valence-corrected chi connectivity index (χ4v) is 0.755. The van der Waals surface area contributed by atoms with Gasteiger partial charge in [-0.2, -0.15) is 39.5 Å². The Hall–Kier alpha value is -0.930. The molecule has 0 bridgehead atoms. The molecule has 0 aromatic heterocycles. The van der Waals surface area contributed by atoms with E-state index in [0.29, 0.717) is 0 Å². The molecular weight excluding hydrogens is 271 g/mol. The lowest BCUT2D eigenvalue weighted by Gasteiger charge is -2.31. The Kier molecular flexibility index (Phi) is 4.15. The Labute approximate surface area is 88.5 Å². The van der Waals surface area contributed by atoms with Crippen LogP contribution in [-0.2, 0) is 0 Å². The Bertz CT molecular complexity index is 267. The van der Waals surface area contributed by atoms with Crippen molar-refractivity contribution in [3.63, 3.8) is 0 Å². The van der Waals surface area contributed by atoms with Crippen molar-refractivity contribution < 1.29 is 44.6 Å². The third kappa shape index (κ3) is 4.10. The lowest BCUT2D eigenvalue weighted by Crippen LogP contribution is -2.56. The summed E-state index contributed by atoms with van der Waals surface area (Å²) in [4.78, 5) is 0. The Morgan fingerprint density at radius 1 is 0.765 bits per heavy atom. The smallest absolute Gasteiger partial charge is 0.373 e. The molecule has 0 unspecified atom stereocenters. The monoisotopic (exact) mass is 276 g/mol. The van der Waals surface area contributed by atoms with Crippen molar-refractivity contribution in [2.24, 2.45) is 0 Å². The first-order valence-electron chi connectivity index (χ1n) is 3.81. The molecule has 102 valence electrons. The SMILES string of the molecule is OC(C/C=C/C(F)(F)F)(C(F)(F)F)C(F)(F)F. The summed E-state index contributed by atoms with van der Waals surface area (Å²) in [7, 11) is 0. The van der Waals surface area contributed by atoms with Crippen LogP contribution in [0.5, 0.6) is 0 Å². The van der Waals surface area contributed by atoms with Gasteiger partial charge in [-0.3, -0.25) is 0 Å². The molecule has 0 amide bonds. The average Bonchev–Trinajstić information content (AvgIpc) is 1.96. The van der Waals surface area contributed by atoms with E-state index in [-0.39, 0.29) is 0 Å². The van der Waals surface area contributed by atoms with E-state index in [1.807, 2.05) is 0 Å². The van der Waals surface area contributed by atoms with Gasteiger partial charge in [-0.15, -0.1) is 0 Å². The van der Waals surface area contributed by atoms with E-state index >= 15 is 0 Å². The van der Waals surface area contributed by atoms with Crippen molar-refractivity contribution in [3.05, 3.63) is 12.2 Å². The van der Waals surface area contributed by atoms with Gasteiger partial charge in [0.15, 0.2) is 0 Å². The van der Waals surface area contributed by atoms with E-state index in [2.05, 4.69) is 0 Å². The Morgan fingerprint density at radius 3 is 1.35 bits per heavy atom. The molecule has 0 aliphatic carbocycles. The number of halogens is 9. The quantitative estimate of drug-likeness (QED) is 0.605. The van der Waals surface area contributed by atoms with Crippen LogP contribution in [0.3, 0.4) is 0 Å². The second-order valence-corrected chi connectivity index (χ2v) is 3.00. The van der Waals surface area contributed by atoms with E-state index in [0.717, 1.165) is 0 Å². The summed E-state index contributed by atoms with van der Waals surface area (Å²) in [5.41, 5.74) is -5.19. The summed E-state index contributed by atoms with van der Waals surface area (Å²) < 4.78 is 106. The first kappa shape index (κ1) is 16.1. The van der Waals surface area contributed by atoms with Gasteiger partial charge in [0.1, 0.15) is 0 Å². The molecule has 1 nitrogen and oxygen atoms in total. The zero-order valence-electron chi connectivity index (χ0n) is 7.71. The topological polar surface area (TPSA) is 20.2 Å². The number of alkyl halides is 9. The van der Waals surface area contributed by atoms with Crippen molar-refractivity contribution in [1.29, 1.82) is 0 Å². The zero-order valence-corrected chi connectivity index (χ0v) is 7.71. The molecule has 10 heteroatoms. The predicted molar refractivity (Wildman–Crippen MR) is 36.9 cm³/mol. The molecule has 0 heterocycles. The number of rotatable bonds is 2. The van der Waals surface area contributed by atoms with E-state index in [9.17, 15) is 39.5 Å². The molecular formula is C7H5F9O. The first-order valence-corrected chi connectivity index (χ1v) is 3.81. The minimum Gasteiger partial charge on any atom is -0.373 e. The molecule has 0 fully saturated rings. The average molecular weight is 276 g/mol. The largest absolute Gasteiger partial charge is 0.426 e. The van der Waals surface area contributed by atoms with Crippen molar-refractivity contribution in [2.45, 2.75) is 30.6 Å². The third-order valence-electron chi connectivity index (χ3n) is 1.66. The lowest BCUT2D eigenvalue weighted by atomic mass is 9.98. The van der Waals surface area contributed by atoms with E-state index in [1.54, 1.807) is 0 Å². The minimum absolute atomic E-state index is 0.430. The van der Waals surface area contributed by atoms with Crippen molar-refractivity contribution >= 4 is 0 Å². The van der Waals surface area contributed by atoms with Crippen LogP contribution in [0.25, 0.3) is 0 Å². The summed E-state index contributed by atoms with van der Waals surface area (Å²) in [6.45, 7) is 0. The summed E-state index contributed by atoms with van der Waals surface area (Å²) in [5.74, 6) is 0. The molecule has 0 rings (SSSR count). The molecule has 0 atom stereocenters. The molecule has 0 aromatic carbocycles. The van der Waals surface area contributed by atoms with Crippen LogP contribution in [0.1, 0.15) is 6.42 Å². The van der Waals surface area contributed by atoms with Gasteiger partial charge in [-0.1, -0.05) is 6.08 Å². The zero-order chi connectivity index (χ0) is 14.1. The normalized spacial score (nSPS) is 15.6. The van der Waals surface area contributed by atoms with Gasteiger partial charge >= 0.3 is 18.5 Å². The van der Waals surface area contributed by atoms with Gasteiger partial charge in [0.2, 0.25) is 0 Å². The molecule has 1 N–H and O–H groups in total. The Balaban J connectivity index is 5.08. The molecule has 0 spiro atoms. The number of hydrogen-bond donors (Lipinski definition) is 1. The fraction of sp³-hybridized carbons (Fsp3) is 0.714. The fourth-order valence-electron chi connectivity index (χ4n) is 0.755. The molecule has 0 saturated heterocycles. The van der Waals surface area contributed by atoms with Gasteiger partial charge in [0, 0.05) is 12.5 Å². The first-order chi connectivity index (χ1) is 7.21.